The Morgan fingerprint density at radius 1 is 1.32 bits per heavy atom. The molecule has 1 saturated carbocycles. The number of aromatic nitrogens is 1. The fraction of sp³-hybridized carbons (Fsp3) is 0.688. The van der Waals surface area contributed by atoms with E-state index < -0.39 is 0 Å². The molecular formula is C16H25BrN2. The van der Waals surface area contributed by atoms with Crippen LogP contribution in [0.5, 0.6) is 0 Å². The molecule has 2 N–H and O–H groups in total. The molecule has 1 aliphatic rings. The van der Waals surface area contributed by atoms with Crippen molar-refractivity contribution in [3.8, 4) is 0 Å². The first-order valence-electron chi connectivity index (χ1n) is 7.54. The summed E-state index contributed by atoms with van der Waals surface area (Å²) in [6.45, 7) is 2.29. The fourth-order valence-electron chi connectivity index (χ4n) is 3.32. The maximum atomic E-state index is 6.41. The third-order valence-electron chi connectivity index (χ3n) is 4.43. The molecule has 1 fully saturated rings. The van der Waals surface area contributed by atoms with Crippen LogP contribution in [0.25, 0.3) is 0 Å². The monoisotopic (exact) mass is 324 g/mol. The van der Waals surface area contributed by atoms with Gasteiger partial charge in [0.2, 0.25) is 0 Å². The van der Waals surface area contributed by atoms with Gasteiger partial charge in [-0.25, -0.2) is 0 Å². The predicted octanol–water partition coefficient (Wildman–Crippen LogP) is 4.32. The van der Waals surface area contributed by atoms with Gasteiger partial charge in [-0.1, -0.05) is 32.6 Å². The first-order valence-corrected chi connectivity index (χ1v) is 8.33. The Labute approximate surface area is 125 Å². The Balaban J connectivity index is 1.82. The van der Waals surface area contributed by atoms with E-state index in [-0.39, 0.29) is 0 Å². The van der Waals surface area contributed by atoms with Crippen LogP contribution in [0.4, 0.5) is 0 Å². The van der Waals surface area contributed by atoms with E-state index in [4.69, 9.17) is 5.73 Å². The molecule has 0 amide bonds. The lowest BCUT2D eigenvalue weighted by atomic mass is 9.76. The van der Waals surface area contributed by atoms with E-state index in [2.05, 4.69) is 33.9 Å². The Morgan fingerprint density at radius 3 is 2.68 bits per heavy atom. The molecule has 19 heavy (non-hydrogen) atoms. The fourth-order valence-corrected chi connectivity index (χ4v) is 3.73. The van der Waals surface area contributed by atoms with Crippen LogP contribution >= 0.6 is 15.9 Å². The van der Waals surface area contributed by atoms with E-state index in [9.17, 15) is 0 Å². The van der Waals surface area contributed by atoms with Gasteiger partial charge in [-0.15, -0.1) is 0 Å². The van der Waals surface area contributed by atoms with Crippen LogP contribution in [0.15, 0.2) is 22.9 Å². The summed E-state index contributed by atoms with van der Waals surface area (Å²) in [6.07, 6.45) is 12.8. The normalized spacial score (nSPS) is 25.2. The molecule has 1 unspecified atom stereocenters. The van der Waals surface area contributed by atoms with Crippen LogP contribution < -0.4 is 5.73 Å². The van der Waals surface area contributed by atoms with E-state index in [1.807, 2.05) is 12.4 Å². The number of nitrogens with zero attached hydrogens (tertiary/aromatic N) is 1. The third-order valence-corrected chi connectivity index (χ3v) is 4.86. The Hall–Kier alpha value is -0.410. The molecule has 0 spiro atoms. The van der Waals surface area contributed by atoms with Gasteiger partial charge in [0, 0.05) is 22.9 Å². The average molecular weight is 325 g/mol. The van der Waals surface area contributed by atoms with Crippen molar-refractivity contribution < 1.29 is 0 Å². The Bertz CT molecular complexity index is 386. The highest BCUT2D eigenvalue weighted by molar-refractivity contribution is 9.10. The maximum Gasteiger partial charge on any atom is 0.0410 e. The molecule has 2 rings (SSSR count). The molecule has 1 aliphatic carbocycles. The Morgan fingerprint density at radius 2 is 2.05 bits per heavy atom. The number of rotatable bonds is 5. The van der Waals surface area contributed by atoms with Crippen molar-refractivity contribution in [3.05, 3.63) is 28.5 Å². The average Bonchev–Trinajstić information content (AvgIpc) is 2.40. The number of hydrogen-bond acceptors (Lipinski definition) is 2. The lowest BCUT2D eigenvalue weighted by Crippen LogP contribution is -2.35. The minimum Gasteiger partial charge on any atom is -0.327 e. The van der Waals surface area contributed by atoms with Crippen molar-refractivity contribution in [2.45, 2.75) is 57.9 Å². The van der Waals surface area contributed by atoms with Crippen molar-refractivity contribution in [2.24, 2.45) is 17.6 Å². The smallest absolute Gasteiger partial charge is 0.0410 e. The van der Waals surface area contributed by atoms with Gasteiger partial charge in [0.15, 0.2) is 0 Å². The molecule has 1 aromatic rings. The highest BCUT2D eigenvalue weighted by atomic mass is 79.9. The van der Waals surface area contributed by atoms with Crippen molar-refractivity contribution in [3.63, 3.8) is 0 Å². The second kappa shape index (κ2) is 7.39. The molecular weight excluding hydrogens is 300 g/mol. The van der Waals surface area contributed by atoms with Crippen molar-refractivity contribution >= 4 is 15.9 Å². The van der Waals surface area contributed by atoms with Crippen LogP contribution in [-0.4, -0.2) is 11.0 Å². The quantitative estimate of drug-likeness (QED) is 0.875. The van der Waals surface area contributed by atoms with Crippen LogP contribution in [-0.2, 0) is 6.42 Å². The summed E-state index contributed by atoms with van der Waals surface area (Å²) in [5.74, 6) is 1.66. The first-order chi connectivity index (χ1) is 9.19. The third kappa shape index (κ3) is 4.57. The van der Waals surface area contributed by atoms with Gasteiger partial charge in [0.25, 0.3) is 0 Å². The zero-order valence-corrected chi connectivity index (χ0v) is 13.4. The topological polar surface area (TPSA) is 38.9 Å². The van der Waals surface area contributed by atoms with Gasteiger partial charge in [-0.2, -0.15) is 0 Å². The molecule has 0 aromatic carbocycles. The largest absolute Gasteiger partial charge is 0.327 e. The van der Waals surface area contributed by atoms with E-state index in [1.165, 1.54) is 44.1 Å². The van der Waals surface area contributed by atoms with Gasteiger partial charge < -0.3 is 5.73 Å². The molecule has 106 valence electrons. The maximum absolute atomic E-state index is 6.41. The summed E-state index contributed by atoms with van der Waals surface area (Å²) in [4.78, 5) is 4.22. The Kier molecular flexibility index (Phi) is 5.83. The highest BCUT2D eigenvalue weighted by Crippen LogP contribution is 2.33. The second-order valence-corrected chi connectivity index (χ2v) is 6.86. The number of pyridine rings is 1. The SMILES string of the molecule is CCCC1CCC(C(N)Cc2cncc(Br)c2)CC1. The van der Waals surface area contributed by atoms with E-state index >= 15 is 0 Å². The zero-order valence-electron chi connectivity index (χ0n) is 11.8. The van der Waals surface area contributed by atoms with Gasteiger partial charge in [0.05, 0.1) is 0 Å². The van der Waals surface area contributed by atoms with Crippen molar-refractivity contribution in [2.75, 3.05) is 0 Å². The molecule has 1 heterocycles. The van der Waals surface area contributed by atoms with Crippen molar-refractivity contribution in [1.29, 1.82) is 0 Å². The van der Waals surface area contributed by atoms with Gasteiger partial charge >= 0.3 is 0 Å². The molecule has 0 bridgehead atoms. The van der Waals surface area contributed by atoms with Crippen LogP contribution in [0.1, 0.15) is 51.0 Å². The van der Waals surface area contributed by atoms with E-state index in [1.54, 1.807) is 0 Å². The molecule has 2 nitrogen and oxygen atoms in total. The first kappa shape index (κ1) is 15.0. The van der Waals surface area contributed by atoms with E-state index in [0.717, 1.165) is 16.8 Å². The molecule has 0 aliphatic heterocycles. The molecule has 1 atom stereocenters. The minimum absolute atomic E-state index is 0.290. The van der Waals surface area contributed by atoms with Gasteiger partial charge in [-0.05, 0) is 58.7 Å². The van der Waals surface area contributed by atoms with Crippen LogP contribution in [0, 0.1) is 11.8 Å². The van der Waals surface area contributed by atoms with Crippen LogP contribution in [0.3, 0.4) is 0 Å². The minimum atomic E-state index is 0.290. The lowest BCUT2D eigenvalue weighted by molar-refractivity contribution is 0.232. The highest BCUT2D eigenvalue weighted by Gasteiger charge is 2.25. The van der Waals surface area contributed by atoms with E-state index in [0.29, 0.717) is 12.0 Å². The summed E-state index contributed by atoms with van der Waals surface area (Å²) in [5, 5.41) is 0. The predicted molar refractivity (Wildman–Crippen MR) is 84.0 cm³/mol. The molecule has 0 radical (unpaired) electrons. The van der Waals surface area contributed by atoms with Crippen molar-refractivity contribution in [1.82, 2.24) is 4.98 Å². The number of halogens is 1. The molecule has 1 aromatic heterocycles. The summed E-state index contributed by atoms with van der Waals surface area (Å²) < 4.78 is 1.05. The lowest BCUT2D eigenvalue weighted by Gasteiger charge is -2.32. The number of nitrogens with two attached hydrogens (primary N) is 1. The number of hydrogen-bond donors (Lipinski definition) is 1. The summed E-state index contributed by atoms with van der Waals surface area (Å²) in [5.41, 5.74) is 7.65. The standard InChI is InChI=1S/C16H25BrN2/c1-2-3-12-4-6-14(7-5-12)16(18)9-13-8-15(17)11-19-10-13/h8,10-12,14,16H,2-7,9,18H2,1H3. The molecule has 0 saturated heterocycles. The van der Waals surface area contributed by atoms with Crippen LogP contribution in [0.2, 0.25) is 0 Å². The summed E-state index contributed by atoms with van der Waals surface area (Å²) in [7, 11) is 0. The molecule has 3 heteroatoms. The van der Waals surface area contributed by atoms with Gasteiger partial charge in [0.1, 0.15) is 0 Å². The zero-order chi connectivity index (χ0) is 13.7. The summed E-state index contributed by atoms with van der Waals surface area (Å²) in [6, 6.07) is 2.42. The van der Waals surface area contributed by atoms with Gasteiger partial charge in [-0.3, -0.25) is 4.98 Å². The second-order valence-electron chi connectivity index (χ2n) is 5.95. The summed E-state index contributed by atoms with van der Waals surface area (Å²) >= 11 is 3.47.